The molecular weight excluding hydrogens is 214 g/mol. The molecule has 4 nitrogen and oxygen atoms in total. The van der Waals surface area contributed by atoms with Crippen LogP contribution in [0, 0.1) is 0 Å². The quantitative estimate of drug-likeness (QED) is 0.463. The molecule has 0 aromatic rings. The summed E-state index contributed by atoms with van der Waals surface area (Å²) in [7, 11) is 0. The van der Waals surface area contributed by atoms with Crippen molar-refractivity contribution in [2.24, 2.45) is 5.73 Å². The average Bonchev–Trinajstić information content (AvgIpc) is 2.60. The van der Waals surface area contributed by atoms with E-state index in [1.54, 1.807) is 0 Å². The van der Waals surface area contributed by atoms with E-state index in [0.29, 0.717) is 19.0 Å². The summed E-state index contributed by atoms with van der Waals surface area (Å²) in [6, 6.07) is 0.665. The summed E-state index contributed by atoms with van der Waals surface area (Å²) in [5.41, 5.74) is 5.35. The van der Waals surface area contributed by atoms with Gasteiger partial charge in [-0.1, -0.05) is 25.7 Å². The van der Waals surface area contributed by atoms with E-state index >= 15 is 0 Å². The molecule has 1 amide bonds. The van der Waals surface area contributed by atoms with E-state index in [1.807, 2.05) is 0 Å². The molecule has 1 saturated carbocycles. The third kappa shape index (κ3) is 7.34. The minimum atomic E-state index is 0.123. The summed E-state index contributed by atoms with van der Waals surface area (Å²) in [4.78, 5) is 11.3. The number of hydrogen-bond acceptors (Lipinski definition) is 3. The van der Waals surface area contributed by atoms with E-state index in [2.05, 4.69) is 10.6 Å². The molecular formula is C13H27N3O. The molecule has 0 atom stereocenters. The molecule has 4 N–H and O–H groups in total. The molecule has 0 aliphatic heterocycles. The molecule has 0 spiro atoms. The lowest BCUT2D eigenvalue weighted by molar-refractivity contribution is -0.121. The predicted molar refractivity (Wildman–Crippen MR) is 70.8 cm³/mol. The van der Waals surface area contributed by atoms with Gasteiger partial charge in [-0.3, -0.25) is 4.79 Å². The zero-order valence-electron chi connectivity index (χ0n) is 10.8. The summed E-state index contributed by atoms with van der Waals surface area (Å²) in [5, 5.41) is 6.45. The largest absolute Gasteiger partial charge is 0.355 e. The maximum Gasteiger partial charge on any atom is 0.220 e. The number of carbonyl (C=O) groups is 1. The van der Waals surface area contributed by atoms with E-state index < -0.39 is 0 Å². The molecule has 0 saturated heterocycles. The van der Waals surface area contributed by atoms with Crippen molar-refractivity contribution in [1.82, 2.24) is 10.6 Å². The zero-order chi connectivity index (χ0) is 12.3. The Morgan fingerprint density at radius 3 is 2.47 bits per heavy atom. The van der Waals surface area contributed by atoms with E-state index in [-0.39, 0.29) is 5.91 Å². The Labute approximate surface area is 105 Å². The highest BCUT2D eigenvalue weighted by atomic mass is 16.1. The van der Waals surface area contributed by atoms with Gasteiger partial charge in [0.2, 0.25) is 5.91 Å². The van der Waals surface area contributed by atoms with Crippen molar-refractivity contribution >= 4 is 5.91 Å². The molecule has 0 heterocycles. The van der Waals surface area contributed by atoms with Gasteiger partial charge in [0.15, 0.2) is 0 Å². The van der Waals surface area contributed by atoms with Gasteiger partial charge in [0.25, 0.3) is 0 Å². The predicted octanol–water partition coefficient (Wildman–Crippen LogP) is 1.15. The normalized spacial score (nSPS) is 17.7. The monoisotopic (exact) mass is 241 g/mol. The first-order chi connectivity index (χ1) is 8.33. The summed E-state index contributed by atoms with van der Waals surface area (Å²) < 4.78 is 0. The van der Waals surface area contributed by atoms with Gasteiger partial charge >= 0.3 is 0 Å². The second-order valence-electron chi connectivity index (χ2n) is 4.88. The fourth-order valence-corrected chi connectivity index (χ4v) is 2.31. The van der Waals surface area contributed by atoms with Crippen LogP contribution in [0.5, 0.6) is 0 Å². The molecule has 1 aliphatic carbocycles. The zero-order valence-corrected chi connectivity index (χ0v) is 10.8. The van der Waals surface area contributed by atoms with Crippen LogP contribution in [-0.4, -0.2) is 31.6 Å². The minimum Gasteiger partial charge on any atom is -0.355 e. The topological polar surface area (TPSA) is 67.2 Å². The first-order valence-electron chi connectivity index (χ1n) is 7.03. The Kier molecular flexibility index (Phi) is 8.01. The first kappa shape index (κ1) is 14.5. The highest BCUT2D eigenvalue weighted by Gasteiger charge is 2.10. The van der Waals surface area contributed by atoms with Crippen LogP contribution in [0.4, 0.5) is 0 Å². The number of nitrogens with two attached hydrogens (primary N) is 1. The van der Waals surface area contributed by atoms with Gasteiger partial charge in [-0.25, -0.2) is 0 Å². The van der Waals surface area contributed by atoms with Crippen LogP contribution in [0.3, 0.4) is 0 Å². The number of nitrogens with one attached hydrogen (secondary N) is 2. The third-order valence-corrected chi connectivity index (χ3v) is 3.34. The molecule has 0 radical (unpaired) electrons. The lowest BCUT2D eigenvalue weighted by Gasteiger charge is -2.16. The van der Waals surface area contributed by atoms with E-state index in [0.717, 1.165) is 19.5 Å². The fourth-order valence-electron chi connectivity index (χ4n) is 2.31. The Balaban J connectivity index is 1.97. The molecule has 0 aromatic heterocycles. The van der Waals surface area contributed by atoms with E-state index in [1.165, 1.54) is 38.5 Å². The van der Waals surface area contributed by atoms with Crippen molar-refractivity contribution in [3.05, 3.63) is 0 Å². The van der Waals surface area contributed by atoms with Gasteiger partial charge in [0.05, 0.1) is 0 Å². The summed E-state index contributed by atoms with van der Waals surface area (Å²) in [6.45, 7) is 2.21. The van der Waals surface area contributed by atoms with Crippen LogP contribution in [0.1, 0.15) is 51.4 Å². The van der Waals surface area contributed by atoms with Crippen molar-refractivity contribution in [1.29, 1.82) is 0 Å². The molecule has 4 heteroatoms. The highest BCUT2D eigenvalue weighted by Crippen LogP contribution is 2.16. The first-order valence-corrected chi connectivity index (χ1v) is 7.03. The second kappa shape index (κ2) is 9.42. The average molecular weight is 241 g/mol. The Hall–Kier alpha value is -0.610. The maximum absolute atomic E-state index is 11.3. The second-order valence-corrected chi connectivity index (χ2v) is 4.88. The van der Waals surface area contributed by atoms with Crippen LogP contribution in [0.25, 0.3) is 0 Å². The van der Waals surface area contributed by atoms with Crippen molar-refractivity contribution in [2.75, 3.05) is 19.6 Å². The van der Waals surface area contributed by atoms with Crippen molar-refractivity contribution in [3.8, 4) is 0 Å². The molecule has 17 heavy (non-hydrogen) atoms. The van der Waals surface area contributed by atoms with Crippen LogP contribution < -0.4 is 16.4 Å². The Morgan fingerprint density at radius 2 is 1.82 bits per heavy atom. The van der Waals surface area contributed by atoms with Crippen molar-refractivity contribution in [3.63, 3.8) is 0 Å². The van der Waals surface area contributed by atoms with Gasteiger partial charge in [-0.15, -0.1) is 0 Å². The van der Waals surface area contributed by atoms with Gasteiger partial charge in [-0.2, -0.15) is 0 Å². The molecule has 0 unspecified atom stereocenters. The minimum absolute atomic E-state index is 0.123. The summed E-state index contributed by atoms with van der Waals surface area (Å²) in [5.74, 6) is 0.123. The summed E-state index contributed by atoms with van der Waals surface area (Å²) >= 11 is 0. The number of carbonyl (C=O) groups excluding carboxylic acids is 1. The molecule has 100 valence electrons. The van der Waals surface area contributed by atoms with Crippen LogP contribution >= 0.6 is 0 Å². The highest BCUT2D eigenvalue weighted by molar-refractivity contribution is 5.75. The Bertz CT molecular complexity index is 201. The number of rotatable bonds is 7. The van der Waals surface area contributed by atoms with Crippen molar-refractivity contribution in [2.45, 2.75) is 57.4 Å². The van der Waals surface area contributed by atoms with E-state index in [4.69, 9.17) is 5.73 Å². The van der Waals surface area contributed by atoms with Gasteiger partial charge in [-0.05, 0) is 25.8 Å². The fraction of sp³-hybridized carbons (Fsp3) is 0.923. The molecule has 1 rings (SSSR count). The third-order valence-electron chi connectivity index (χ3n) is 3.34. The van der Waals surface area contributed by atoms with Crippen LogP contribution in [0.2, 0.25) is 0 Å². The summed E-state index contributed by atoms with van der Waals surface area (Å²) in [6.07, 6.45) is 9.38. The van der Waals surface area contributed by atoms with Crippen molar-refractivity contribution < 1.29 is 4.79 Å². The van der Waals surface area contributed by atoms with Crippen LogP contribution in [-0.2, 0) is 4.79 Å². The van der Waals surface area contributed by atoms with Gasteiger partial charge < -0.3 is 16.4 Å². The molecule has 1 aliphatic rings. The van der Waals surface area contributed by atoms with Gasteiger partial charge in [0.1, 0.15) is 0 Å². The number of hydrogen-bond donors (Lipinski definition) is 3. The molecule has 0 bridgehead atoms. The SMILES string of the molecule is NCCCC(=O)NCCNC1CCCCCC1. The molecule has 0 aromatic carbocycles. The maximum atomic E-state index is 11.3. The Morgan fingerprint density at radius 1 is 1.12 bits per heavy atom. The smallest absolute Gasteiger partial charge is 0.220 e. The number of amides is 1. The van der Waals surface area contributed by atoms with E-state index in [9.17, 15) is 4.79 Å². The van der Waals surface area contributed by atoms with Crippen LogP contribution in [0.15, 0.2) is 0 Å². The standard InChI is InChI=1S/C13H27N3O/c14-9-5-8-13(17)16-11-10-15-12-6-3-1-2-4-7-12/h12,15H,1-11,14H2,(H,16,17). The molecule has 1 fully saturated rings. The lowest BCUT2D eigenvalue weighted by Crippen LogP contribution is -2.36. The van der Waals surface area contributed by atoms with Gasteiger partial charge in [0, 0.05) is 25.6 Å². The lowest BCUT2D eigenvalue weighted by atomic mass is 10.1.